The van der Waals surface area contributed by atoms with E-state index in [2.05, 4.69) is 10.6 Å². The van der Waals surface area contributed by atoms with Gasteiger partial charge in [0.1, 0.15) is 6.04 Å². The Labute approximate surface area is 148 Å². The average Bonchev–Trinajstić information content (AvgIpc) is 3.11. The van der Waals surface area contributed by atoms with Crippen molar-refractivity contribution in [3.8, 4) is 0 Å². The number of carbonyl (C=O) groups is 3. The van der Waals surface area contributed by atoms with Gasteiger partial charge in [-0.2, -0.15) is 0 Å². The molecule has 2 amide bonds. The predicted molar refractivity (Wildman–Crippen MR) is 94.0 cm³/mol. The maximum Gasteiger partial charge on any atom is 0.326 e. The molecule has 0 aliphatic heterocycles. The minimum atomic E-state index is -1.05. The van der Waals surface area contributed by atoms with Crippen LogP contribution in [0.2, 0.25) is 0 Å². The molecule has 25 heavy (non-hydrogen) atoms. The third-order valence-corrected chi connectivity index (χ3v) is 4.63. The topological polar surface area (TPSA) is 95.5 Å². The van der Waals surface area contributed by atoms with Crippen LogP contribution in [0.25, 0.3) is 0 Å². The van der Waals surface area contributed by atoms with Gasteiger partial charge >= 0.3 is 5.97 Å². The molecule has 1 aromatic rings. The molecule has 0 spiro atoms. The smallest absolute Gasteiger partial charge is 0.326 e. The minimum Gasteiger partial charge on any atom is -0.480 e. The molecule has 136 valence electrons. The Balaban J connectivity index is 1.89. The van der Waals surface area contributed by atoms with Crippen molar-refractivity contribution in [1.82, 2.24) is 10.6 Å². The first-order valence-corrected chi connectivity index (χ1v) is 8.79. The Morgan fingerprint density at radius 1 is 1.12 bits per heavy atom. The van der Waals surface area contributed by atoms with Crippen molar-refractivity contribution in [3.05, 3.63) is 35.4 Å². The molecule has 3 N–H and O–H groups in total. The van der Waals surface area contributed by atoms with Gasteiger partial charge in [-0.05, 0) is 36.5 Å². The third kappa shape index (κ3) is 5.31. The lowest BCUT2D eigenvalue weighted by Crippen LogP contribution is -2.44. The molecule has 0 heterocycles. The number of nitrogens with one attached hydrogen (secondary N) is 2. The Hall–Kier alpha value is -2.37. The summed E-state index contributed by atoms with van der Waals surface area (Å²) < 4.78 is 0. The molecule has 6 heteroatoms. The molecular formula is C19H26N2O4. The predicted octanol–water partition coefficient (Wildman–Crippen LogP) is 2.33. The Morgan fingerprint density at radius 3 is 2.24 bits per heavy atom. The number of rotatable bonds is 7. The second-order valence-corrected chi connectivity index (χ2v) is 6.93. The fourth-order valence-electron chi connectivity index (χ4n) is 3.03. The summed E-state index contributed by atoms with van der Waals surface area (Å²) in [5.74, 6) is -1.43. The molecule has 1 aliphatic rings. The molecule has 1 fully saturated rings. The van der Waals surface area contributed by atoms with E-state index >= 15 is 0 Å². The van der Waals surface area contributed by atoms with E-state index in [1.165, 1.54) is 0 Å². The van der Waals surface area contributed by atoms with E-state index in [9.17, 15) is 14.4 Å². The maximum absolute atomic E-state index is 12.2. The Morgan fingerprint density at radius 2 is 1.72 bits per heavy atom. The van der Waals surface area contributed by atoms with E-state index in [4.69, 9.17) is 5.11 Å². The van der Waals surface area contributed by atoms with Crippen molar-refractivity contribution >= 4 is 17.8 Å². The zero-order valence-corrected chi connectivity index (χ0v) is 14.7. The highest BCUT2D eigenvalue weighted by Crippen LogP contribution is 2.24. The Bertz CT molecular complexity index is 619. The molecule has 2 rings (SSSR count). The Kier molecular flexibility index (Phi) is 6.56. The molecule has 0 bridgehead atoms. The van der Waals surface area contributed by atoms with Gasteiger partial charge in [-0.25, -0.2) is 4.79 Å². The quantitative estimate of drug-likeness (QED) is 0.706. The summed E-state index contributed by atoms with van der Waals surface area (Å²) >= 11 is 0. The highest BCUT2D eigenvalue weighted by Gasteiger charge is 2.24. The van der Waals surface area contributed by atoms with Gasteiger partial charge in [-0.1, -0.05) is 38.8 Å². The first-order chi connectivity index (χ1) is 11.9. The van der Waals surface area contributed by atoms with Gasteiger partial charge in [0.05, 0.1) is 0 Å². The molecule has 1 aromatic carbocycles. The van der Waals surface area contributed by atoms with Crippen molar-refractivity contribution in [3.63, 3.8) is 0 Å². The summed E-state index contributed by atoms with van der Waals surface area (Å²) in [4.78, 5) is 35.3. The van der Waals surface area contributed by atoms with Crippen LogP contribution in [0.1, 0.15) is 55.5 Å². The van der Waals surface area contributed by atoms with E-state index in [0.29, 0.717) is 12.1 Å². The molecule has 0 radical (unpaired) electrons. The fourth-order valence-corrected chi connectivity index (χ4v) is 3.03. The molecular weight excluding hydrogens is 320 g/mol. The van der Waals surface area contributed by atoms with Crippen LogP contribution < -0.4 is 10.6 Å². The first kappa shape index (κ1) is 19.0. The number of carboxylic acid groups (broad SMARTS) is 1. The number of amides is 2. The lowest BCUT2D eigenvalue weighted by atomic mass is 10.0. The number of carboxylic acids is 1. The highest BCUT2D eigenvalue weighted by molar-refractivity contribution is 5.96. The van der Waals surface area contributed by atoms with E-state index < -0.39 is 17.9 Å². The summed E-state index contributed by atoms with van der Waals surface area (Å²) in [6, 6.07) is 5.92. The van der Waals surface area contributed by atoms with Crippen molar-refractivity contribution in [1.29, 1.82) is 0 Å². The molecule has 6 nitrogen and oxygen atoms in total. The van der Waals surface area contributed by atoms with Crippen LogP contribution in [0.5, 0.6) is 0 Å². The van der Waals surface area contributed by atoms with Crippen molar-refractivity contribution < 1.29 is 19.5 Å². The van der Waals surface area contributed by atoms with E-state index in [0.717, 1.165) is 31.2 Å². The molecule has 0 unspecified atom stereocenters. The number of benzene rings is 1. The van der Waals surface area contributed by atoms with Crippen LogP contribution >= 0.6 is 0 Å². The monoisotopic (exact) mass is 346 g/mol. The van der Waals surface area contributed by atoms with Crippen LogP contribution in [0.15, 0.2) is 24.3 Å². The van der Waals surface area contributed by atoms with Gasteiger partial charge in [0, 0.05) is 18.0 Å². The third-order valence-electron chi connectivity index (χ3n) is 4.63. The van der Waals surface area contributed by atoms with Crippen molar-refractivity contribution in [2.45, 2.75) is 52.1 Å². The second kappa shape index (κ2) is 8.65. The lowest BCUT2D eigenvalue weighted by molar-refractivity contribution is -0.140. The van der Waals surface area contributed by atoms with E-state index in [1.54, 1.807) is 38.1 Å². The summed E-state index contributed by atoms with van der Waals surface area (Å²) in [6.07, 6.45) is 4.17. The van der Waals surface area contributed by atoms with Crippen molar-refractivity contribution in [2.24, 2.45) is 11.8 Å². The largest absolute Gasteiger partial charge is 0.480 e. The summed E-state index contributed by atoms with van der Waals surface area (Å²) in [5, 5.41) is 14.6. The van der Waals surface area contributed by atoms with Crippen molar-refractivity contribution in [2.75, 3.05) is 0 Å². The van der Waals surface area contributed by atoms with Gasteiger partial charge < -0.3 is 15.7 Å². The normalized spacial score (nSPS) is 15.8. The molecule has 1 atom stereocenters. The summed E-state index contributed by atoms with van der Waals surface area (Å²) in [7, 11) is 0. The SMILES string of the molecule is CC(C)[C@@H](NC(=O)c1ccc(CNC(=O)C2CCCC2)cc1)C(=O)O. The van der Waals surface area contributed by atoms with E-state index in [1.807, 2.05) is 0 Å². The van der Waals surface area contributed by atoms with Gasteiger partial charge in [0.25, 0.3) is 5.91 Å². The fraction of sp³-hybridized carbons (Fsp3) is 0.526. The maximum atomic E-state index is 12.2. The van der Waals surface area contributed by atoms with Crippen LogP contribution in [0.3, 0.4) is 0 Å². The molecule has 0 saturated heterocycles. The second-order valence-electron chi connectivity index (χ2n) is 6.93. The van der Waals surface area contributed by atoms with Gasteiger partial charge in [0.2, 0.25) is 5.91 Å². The summed E-state index contributed by atoms with van der Waals surface area (Å²) in [5.41, 5.74) is 1.30. The number of carbonyl (C=O) groups excluding carboxylic acids is 2. The van der Waals surface area contributed by atoms with Gasteiger partial charge in [-0.15, -0.1) is 0 Å². The standard InChI is InChI=1S/C19H26N2O4/c1-12(2)16(19(24)25)21-18(23)15-9-7-13(8-10-15)11-20-17(22)14-5-3-4-6-14/h7-10,12,14,16H,3-6,11H2,1-2H3,(H,20,22)(H,21,23)(H,24,25)/t16-/m1/s1. The summed E-state index contributed by atoms with van der Waals surface area (Å²) in [6.45, 7) is 3.92. The number of hydrogen-bond donors (Lipinski definition) is 3. The average molecular weight is 346 g/mol. The minimum absolute atomic E-state index is 0.0977. The van der Waals surface area contributed by atoms with Crippen LogP contribution in [0, 0.1) is 11.8 Å². The number of hydrogen-bond acceptors (Lipinski definition) is 3. The van der Waals surface area contributed by atoms with Crippen LogP contribution in [0.4, 0.5) is 0 Å². The zero-order valence-electron chi connectivity index (χ0n) is 14.7. The highest BCUT2D eigenvalue weighted by atomic mass is 16.4. The first-order valence-electron chi connectivity index (χ1n) is 8.79. The van der Waals surface area contributed by atoms with Gasteiger partial charge in [-0.3, -0.25) is 9.59 Å². The lowest BCUT2D eigenvalue weighted by Gasteiger charge is -2.18. The molecule has 0 aromatic heterocycles. The van der Waals surface area contributed by atoms with E-state index in [-0.39, 0.29) is 17.7 Å². The molecule has 1 aliphatic carbocycles. The van der Waals surface area contributed by atoms with Crippen LogP contribution in [-0.4, -0.2) is 28.9 Å². The zero-order chi connectivity index (χ0) is 18.4. The van der Waals surface area contributed by atoms with Crippen LogP contribution in [-0.2, 0) is 16.1 Å². The molecule has 1 saturated carbocycles. The number of aliphatic carboxylic acids is 1. The van der Waals surface area contributed by atoms with Gasteiger partial charge in [0.15, 0.2) is 0 Å².